The van der Waals surface area contributed by atoms with Crippen molar-refractivity contribution in [1.82, 2.24) is 14.9 Å². The molecule has 2 heterocycles. The van der Waals surface area contributed by atoms with E-state index < -0.39 is 6.04 Å². The highest BCUT2D eigenvalue weighted by atomic mass is 35.5. The lowest BCUT2D eigenvalue weighted by Crippen LogP contribution is -2.31. The van der Waals surface area contributed by atoms with Crippen LogP contribution in [0.3, 0.4) is 0 Å². The molecule has 8 heteroatoms. The molecule has 0 fully saturated rings. The summed E-state index contributed by atoms with van der Waals surface area (Å²) in [5.41, 5.74) is 1.16. The molecule has 1 aromatic heterocycles. The fourth-order valence-corrected chi connectivity index (χ4v) is 3.42. The van der Waals surface area contributed by atoms with Gasteiger partial charge in [0.2, 0.25) is 6.79 Å². The number of aryl methyl sites for hydroxylation is 1. The summed E-state index contributed by atoms with van der Waals surface area (Å²) in [7, 11) is 3.46. The molecule has 4 rings (SSSR count). The summed E-state index contributed by atoms with van der Waals surface area (Å²) < 4.78 is 18.0. The number of para-hydroxylation sites is 1. The summed E-state index contributed by atoms with van der Waals surface area (Å²) in [4.78, 5) is 17.5. The fraction of sp³-hybridized carbons (Fsp3) is 0.200. The second kappa shape index (κ2) is 7.44. The Labute approximate surface area is 166 Å². The van der Waals surface area contributed by atoms with Gasteiger partial charge in [-0.25, -0.2) is 4.98 Å². The topological polar surface area (TPSA) is 74.6 Å². The number of ether oxygens (including phenoxy) is 3. The molecule has 7 nitrogen and oxygen atoms in total. The third-order valence-electron chi connectivity index (χ3n) is 4.53. The molecule has 0 spiro atoms. The maximum atomic E-state index is 13.0. The zero-order chi connectivity index (χ0) is 19.7. The van der Waals surface area contributed by atoms with Gasteiger partial charge in [0, 0.05) is 30.6 Å². The zero-order valence-electron chi connectivity index (χ0n) is 15.3. The van der Waals surface area contributed by atoms with Crippen LogP contribution < -0.4 is 19.5 Å². The fourth-order valence-electron chi connectivity index (χ4n) is 3.15. The minimum Gasteiger partial charge on any atom is -0.496 e. The molecular formula is C20H18ClN3O4. The van der Waals surface area contributed by atoms with E-state index in [1.54, 1.807) is 25.4 Å². The molecule has 0 aliphatic carbocycles. The summed E-state index contributed by atoms with van der Waals surface area (Å²) in [6, 6.07) is 10.1. The summed E-state index contributed by atoms with van der Waals surface area (Å²) in [5.74, 6) is 1.90. The highest BCUT2D eigenvalue weighted by molar-refractivity contribution is 6.32. The third kappa shape index (κ3) is 3.25. The van der Waals surface area contributed by atoms with Crippen LogP contribution in [0.4, 0.5) is 0 Å². The third-order valence-corrected chi connectivity index (χ3v) is 4.81. The van der Waals surface area contributed by atoms with Gasteiger partial charge in [0.05, 0.1) is 12.1 Å². The zero-order valence-corrected chi connectivity index (χ0v) is 16.1. The van der Waals surface area contributed by atoms with E-state index in [1.165, 1.54) is 0 Å². The second-order valence-corrected chi connectivity index (χ2v) is 6.64. The highest BCUT2D eigenvalue weighted by Gasteiger charge is 2.26. The Balaban J connectivity index is 1.71. The first-order valence-electron chi connectivity index (χ1n) is 8.58. The minimum atomic E-state index is -0.521. The van der Waals surface area contributed by atoms with Gasteiger partial charge in [-0.2, -0.15) is 0 Å². The molecule has 0 radical (unpaired) electrons. The van der Waals surface area contributed by atoms with E-state index in [9.17, 15) is 4.79 Å². The van der Waals surface area contributed by atoms with Crippen LogP contribution in [0.2, 0.25) is 5.02 Å². The molecule has 0 saturated carbocycles. The number of nitrogens with one attached hydrogen (secondary N) is 1. The standard InChI is InChI=1S/C20H18ClN3O4/c1-24-8-7-22-19(24)17(13-5-3-4-6-15(13)26-2)23-20(25)12-9-14(21)18-16(10-12)27-11-28-18/h3-10,17H,11H2,1-2H3,(H,23,25). The number of carbonyl (C=O) groups excluding carboxylic acids is 1. The molecule has 28 heavy (non-hydrogen) atoms. The van der Waals surface area contributed by atoms with Gasteiger partial charge in [0.25, 0.3) is 5.91 Å². The lowest BCUT2D eigenvalue weighted by atomic mass is 10.0. The van der Waals surface area contributed by atoms with Gasteiger partial charge in [-0.15, -0.1) is 0 Å². The predicted molar refractivity (Wildman–Crippen MR) is 103 cm³/mol. The molecule has 1 aliphatic heterocycles. The number of aromatic nitrogens is 2. The number of halogens is 1. The Kier molecular flexibility index (Phi) is 4.83. The van der Waals surface area contributed by atoms with Crippen molar-refractivity contribution in [2.24, 2.45) is 7.05 Å². The molecule has 1 atom stereocenters. The van der Waals surface area contributed by atoms with Gasteiger partial charge in [0.1, 0.15) is 17.6 Å². The van der Waals surface area contributed by atoms with E-state index in [0.29, 0.717) is 33.7 Å². The molecule has 0 bridgehead atoms. The van der Waals surface area contributed by atoms with Crippen molar-refractivity contribution in [3.05, 3.63) is 70.8 Å². The molecule has 1 amide bonds. The number of imidazole rings is 1. The quantitative estimate of drug-likeness (QED) is 0.712. The normalized spacial score (nSPS) is 13.2. The van der Waals surface area contributed by atoms with Crippen LogP contribution in [-0.4, -0.2) is 29.4 Å². The largest absolute Gasteiger partial charge is 0.496 e. The van der Waals surface area contributed by atoms with Crippen LogP contribution in [0.15, 0.2) is 48.8 Å². The molecule has 1 N–H and O–H groups in total. The van der Waals surface area contributed by atoms with E-state index in [2.05, 4.69) is 10.3 Å². The monoisotopic (exact) mass is 399 g/mol. The van der Waals surface area contributed by atoms with E-state index in [-0.39, 0.29) is 12.7 Å². The smallest absolute Gasteiger partial charge is 0.252 e. The number of nitrogens with zero attached hydrogens (tertiary/aromatic N) is 2. The Morgan fingerprint density at radius 3 is 2.89 bits per heavy atom. The van der Waals surface area contributed by atoms with Crippen LogP contribution in [0.25, 0.3) is 0 Å². The van der Waals surface area contributed by atoms with Gasteiger partial charge in [0.15, 0.2) is 11.5 Å². The van der Waals surface area contributed by atoms with E-state index in [1.807, 2.05) is 42.1 Å². The number of amides is 1. The van der Waals surface area contributed by atoms with Gasteiger partial charge < -0.3 is 24.1 Å². The number of hydrogen-bond donors (Lipinski definition) is 1. The van der Waals surface area contributed by atoms with Gasteiger partial charge in [-0.3, -0.25) is 4.79 Å². The molecule has 2 aromatic carbocycles. The maximum absolute atomic E-state index is 13.0. The summed E-state index contributed by atoms with van der Waals surface area (Å²) in [6.45, 7) is 0.0806. The van der Waals surface area contributed by atoms with Gasteiger partial charge in [-0.05, 0) is 18.2 Å². The number of benzene rings is 2. The van der Waals surface area contributed by atoms with Crippen LogP contribution in [0.1, 0.15) is 27.8 Å². The molecule has 0 saturated heterocycles. The Morgan fingerprint density at radius 2 is 2.14 bits per heavy atom. The van der Waals surface area contributed by atoms with Crippen LogP contribution in [-0.2, 0) is 7.05 Å². The first-order valence-corrected chi connectivity index (χ1v) is 8.96. The van der Waals surface area contributed by atoms with Crippen LogP contribution >= 0.6 is 11.6 Å². The van der Waals surface area contributed by atoms with Crippen molar-refractivity contribution in [2.75, 3.05) is 13.9 Å². The Bertz CT molecular complexity index is 1030. The minimum absolute atomic E-state index is 0.0806. The van der Waals surface area contributed by atoms with Gasteiger partial charge >= 0.3 is 0 Å². The lowest BCUT2D eigenvalue weighted by molar-refractivity contribution is 0.0940. The predicted octanol–water partition coefficient (Wildman–Crippen LogP) is 3.33. The molecule has 1 unspecified atom stereocenters. The van der Waals surface area contributed by atoms with E-state index >= 15 is 0 Å². The van der Waals surface area contributed by atoms with Crippen molar-refractivity contribution in [2.45, 2.75) is 6.04 Å². The Hall–Kier alpha value is -3.19. The summed E-state index contributed by atoms with van der Waals surface area (Å²) in [6.07, 6.45) is 3.50. The lowest BCUT2D eigenvalue weighted by Gasteiger charge is -2.21. The first kappa shape index (κ1) is 18.2. The highest BCUT2D eigenvalue weighted by Crippen LogP contribution is 2.40. The number of hydrogen-bond acceptors (Lipinski definition) is 5. The average Bonchev–Trinajstić information content (AvgIpc) is 3.35. The number of rotatable bonds is 5. The van der Waals surface area contributed by atoms with Crippen molar-refractivity contribution in [3.63, 3.8) is 0 Å². The van der Waals surface area contributed by atoms with Crippen LogP contribution in [0.5, 0.6) is 17.2 Å². The number of fused-ring (bicyclic) bond motifs is 1. The number of methoxy groups -OCH3 is 1. The SMILES string of the molecule is COc1ccccc1C(NC(=O)c1cc(Cl)c2c(c1)OCO2)c1nccn1C. The molecule has 3 aromatic rings. The number of carbonyl (C=O) groups is 1. The van der Waals surface area contributed by atoms with E-state index in [0.717, 1.165) is 5.56 Å². The van der Waals surface area contributed by atoms with E-state index in [4.69, 9.17) is 25.8 Å². The average molecular weight is 400 g/mol. The molecule has 144 valence electrons. The summed E-state index contributed by atoms with van der Waals surface area (Å²) >= 11 is 6.22. The maximum Gasteiger partial charge on any atom is 0.252 e. The van der Waals surface area contributed by atoms with Crippen molar-refractivity contribution in [3.8, 4) is 17.2 Å². The van der Waals surface area contributed by atoms with Gasteiger partial charge in [-0.1, -0.05) is 29.8 Å². The summed E-state index contributed by atoms with van der Waals surface area (Å²) in [5, 5.41) is 3.35. The van der Waals surface area contributed by atoms with Crippen LogP contribution in [0, 0.1) is 0 Å². The van der Waals surface area contributed by atoms with Crippen molar-refractivity contribution >= 4 is 17.5 Å². The second-order valence-electron chi connectivity index (χ2n) is 6.24. The first-order chi connectivity index (χ1) is 13.6. The Morgan fingerprint density at radius 1 is 1.32 bits per heavy atom. The van der Waals surface area contributed by atoms with Crippen molar-refractivity contribution < 1.29 is 19.0 Å². The van der Waals surface area contributed by atoms with Crippen molar-refractivity contribution in [1.29, 1.82) is 0 Å². The molecular weight excluding hydrogens is 382 g/mol. The molecule has 1 aliphatic rings.